The summed E-state index contributed by atoms with van der Waals surface area (Å²) in [5.41, 5.74) is -1.30. The van der Waals surface area contributed by atoms with Gasteiger partial charge in [0, 0.05) is 11.6 Å². The van der Waals surface area contributed by atoms with E-state index in [1.807, 2.05) is 0 Å². The van der Waals surface area contributed by atoms with E-state index in [0.29, 0.717) is 23.7 Å². The summed E-state index contributed by atoms with van der Waals surface area (Å²) in [5, 5.41) is 0.552. The number of hydrogen-bond acceptors (Lipinski definition) is 6. The van der Waals surface area contributed by atoms with Crippen LogP contribution in [0.25, 0.3) is 0 Å². The number of hydrogen-bond donors (Lipinski definition) is 0. The molecule has 0 aliphatic carbocycles. The Balaban J connectivity index is 1.93. The Morgan fingerprint density at radius 2 is 1.82 bits per heavy atom. The van der Waals surface area contributed by atoms with E-state index in [4.69, 9.17) is 25.8 Å². The molecule has 1 unspecified atom stereocenters. The van der Waals surface area contributed by atoms with Crippen LogP contribution in [-0.2, 0) is 23.9 Å². The van der Waals surface area contributed by atoms with Crippen LogP contribution in [-0.4, -0.2) is 54.1 Å². The predicted octanol–water partition coefficient (Wildman–Crippen LogP) is 2.98. The number of ether oxygens (including phenoxy) is 3. The maximum Gasteiger partial charge on any atom is 0.350 e. The summed E-state index contributed by atoms with van der Waals surface area (Å²) >= 11 is 5.84. The third-order valence-corrected chi connectivity index (χ3v) is 4.64. The summed E-state index contributed by atoms with van der Waals surface area (Å²) in [6.07, 6.45) is 2.18. The van der Waals surface area contributed by atoms with Crippen molar-refractivity contribution in [1.82, 2.24) is 4.90 Å². The number of benzene rings is 1. The summed E-state index contributed by atoms with van der Waals surface area (Å²) in [6.45, 7) is 5.06. The first-order valence-electron chi connectivity index (χ1n) is 9.32. The van der Waals surface area contributed by atoms with Crippen LogP contribution in [0.15, 0.2) is 24.3 Å². The second kappa shape index (κ2) is 9.78. The number of carbonyl (C=O) groups is 3. The third-order valence-electron chi connectivity index (χ3n) is 4.39. The van der Waals surface area contributed by atoms with Crippen LogP contribution in [0.2, 0.25) is 5.02 Å². The third kappa shape index (κ3) is 5.86. The SMILES string of the molecule is CCOC(=O)C1CCCCN1C(=O)COC(=O)C(C)(C)Oc1ccc(Cl)cc1. The summed E-state index contributed by atoms with van der Waals surface area (Å²) in [6, 6.07) is 5.94. The van der Waals surface area contributed by atoms with Crippen molar-refractivity contribution in [3.63, 3.8) is 0 Å². The molecule has 1 aromatic carbocycles. The average Bonchev–Trinajstić information content (AvgIpc) is 2.67. The maximum absolute atomic E-state index is 12.5. The zero-order chi connectivity index (χ0) is 20.7. The zero-order valence-corrected chi connectivity index (χ0v) is 17.2. The van der Waals surface area contributed by atoms with Gasteiger partial charge < -0.3 is 19.1 Å². The van der Waals surface area contributed by atoms with Crippen molar-refractivity contribution in [2.45, 2.75) is 51.7 Å². The molecule has 0 N–H and O–H groups in total. The average molecular weight is 412 g/mol. The van der Waals surface area contributed by atoms with Gasteiger partial charge in [-0.05, 0) is 64.3 Å². The topological polar surface area (TPSA) is 82.1 Å². The molecule has 1 saturated heterocycles. The largest absolute Gasteiger partial charge is 0.476 e. The molecule has 28 heavy (non-hydrogen) atoms. The number of amides is 1. The molecule has 0 spiro atoms. The van der Waals surface area contributed by atoms with Gasteiger partial charge in [0.1, 0.15) is 11.8 Å². The van der Waals surface area contributed by atoms with Crippen LogP contribution in [0.1, 0.15) is 40.0 Å². The first kappa shape index (κ1) is 22.0. The molecule has 2 rings (SSSR count). The zero-order valence-electron chi connectivity index (χ0n) is 16.4. The highest BCUT2D eigenvalue weighted by Crippen LogP contribution is 2.22. The predicted molar refractivity (Wildman–Crippen MR) is 103 cm³/mol. The van der Waals surface area contributed by atoms with E-state index in [1.54, 1.807) is 45.0 Å². The molecule has 0 bridgehead atoms. The van der Waals surface area contributed by atoms with Crippen LogP contribution < -0.4 is 4.74 Å². The minimum absolute atomic E-state index is 0.253. The summed E-state index contributed by atoms with van der Waals surface area (Å²) < 4.78 is 15.9. The monoisotopic (exact) mass is 411 g/mol. The lowest BCUT2D eigenvalue weighted by Gasteiger charge is -2.34. The Hall–Kier alpha value is -2.28. The number of halogens is 1. The van der Waals surface area contributed by atoms with E-state index < -0.39 is 36.1 Å². The second-order valence-electron chi connectivity index (χ2n) is 6.99. The summed E-state index contributed by atoms with van der Waals surface area (Å²) in [7, 11) is 0. The molecule has 1 fully saturated rings. The van der Waals surface area contributed by atoms with E-state index in [9.17, 15) is 14.4 Å². The van der Waals surface area contributed by atoms with Gasteiger partial charge in [-0.2, -0.15) is 0 Å². The van der Waals surface area contributed by atoms with Gasteiger partial charge in [0.05, 0.1) is 6.61 Å². The first-order valence-corrected chi connectivity index (χ1v) is 9.70. The van der Waals surface area contributed by atoms with Gasteiger partial charge in [0.25, 0.3) is 5.91 Å². The lowest BCUT2D eigenvalue weighted by Crippen LogP contribution is -2.50. The molecule has 0 radical (unpaired) electrons. The fraction of sp³-hybridized carbons (Fsp3) is 0.550. The van der Waals surface area contributed by atoms with E-state index in [1.165, 1.54) is 4.90 Å². The second-order valence-corrected chi connectivity index (χ2v) is 7.43. The molecule has 1 aromatic rings. The van der Waals surface area contributed by atoms with E-state index >= 15 is 0 Å². The van der Waals surface area contributed by atoms with E-state index in [-0.39, 0.29) is 6.61 Å². The molecule has 1 atom stereocenters. The Bertz CT molecular complexity index is 703. The minimum atomic E-state index is -1.30. The molecule has 154 valence electrons. The van der Waals surface area contributed by atoms with Crippen LogP contribution in [0, 0.1) is 0 Å². The quantitative estimate of drug-likeness (QED) is 0.641. The minimum Gasteiger partial charge on any atom is -0.476 e. The highest BCUT2D eigenvalue weighted by Gasteiger charge is 2.36. The molecule has 0 aromatic heterocycles. The van der Waals surface area contributed by atoms with Crippen LogP contribution in [0.3, 0.4) is 0 Å². The number of nitrogens with zero attached hydrogens (tertiary/aromatic N) is 1. The smallest absolute Gasteiger partial charge is 0.350 e. The van der Waals surface area contributed by atoms with Gasteiger partial charge in [0.2, 0.25) is 0 Å². The lowest BCUT2D eigenvalue weighted by atomic mass is 10.0. The van der Waals surface area contributed by atoms with E-state index in [2.05, 4.69) is 0 Å². The van der Waals surface area contributed by atoms with Crippen molar-refractivity contribution >= 4 is 29.4 Å². The molecular formula is C20H26ClNO6. The molecule has 1 amide bonds. The van der Waals surface area contributed by atoms with Crippen molar-refractivity contribution in [3.05, 3.63) is 29.3 Å². The Morgan fingerprint density at radius 3 is 2.46 bits per heavy atom. The van der Waals surface area contributed by atoms with E-state index in [0.717, 1.165) is 12.8 Å². The molecule has 0 saturated carbocycles. The van der Waals surface area contributed by atoms with Crippen molar-refractivity contribution in [1.29, 1.82) is 0 Å². The van der Waals surface area contributed by atoms with Crippen LogP contribution in [0.4, 0.5) is 0 Å². The molecule has 1 heterocycles. The Kier molecular flexibility index (Phi) is 7.69. The van der Waals surface area contributed by atoms with Crippen molar-refractivity contribution in [2.24, 2.45) is 0 Å². The summed E-state index contributed by atoms with van der Waals surface area (Å²) in [5.74, 6) is -1.07. The van der Waals surface area contributed by atoms with Gasteiger partial charge in [0.15, 0.2) is 12.2 Å². The van der Waals surface area contributed by atoms with Crippen molar-refractivity contribution in [3.8, 4) is 5.75 Å². The molecular weight excluding hydrogens is 386 g/mol. The lowest BCUT2D eigenvalue weighted by molar-refractivity contribution is -0.167. The van der Waals surface area contributed by atoms with Gasteiger partial charge in [-0.3, -0.25) is 4.79 Å². The highest BCUT2D eigenvalue weighted by molar-refractivity contribution is 6.30. The number of piperidine rings is 1. The van der Waals surface area contributed by atoms with Gasteiger partial charge >= 0.3 is 11.9 Å². The van der Waals surface area contributed by atoms with Gasteiger partial charge in [-0.1, -0.05) is 11.6 Å². The molecule has 8 heteroatoms. The standard InChI is InChI=1S/C20H26ClNO6/c1-4-26-18(24)16-7-5-6-12-22(16)17(23)13-27-19(25)20(2,3)28-15-10-8-14(21)9-11-15/h8-11,16H,4-7,12-13H2,1-3H3. The summed E-state index contributed by atoms with van der Waals surface area (Å²) in [4.78, 5) is 38.5. The van der Waals surface area contributed by atoms with Crippen molar-refractivity contribution in [2.75, 3.05) is 19.8 Å². The van der Waals surface area contributed by atoms with Crippen LogP contribution >= 0.6 is 11.6 Å². The fourth-order valence-corrected chi connectivity index (χ4v) is 3.06. The van der Waals surface area contributed by atoms with Crippen molar-refractivity contribution < 1.29 is 28.6 Å². The molecule has 7 nitrogen and oxygen atoms in total. The van der Waals surface area contributed by atoms with Gasteiger partial charge in [-0.15, -0.1) is 0 Å². The number of rotatable bonds is 7. The number of likely N-dealkylation sites (tertiary alicyclic amines) is 1. The first-order chi connectivity index (χ1) is 13.2. The Labute approximate surface area is 169 Å². The Morgan fingerprint density at radius 1 is 1.14 bits per heavy atom. The van der Waals surface area contributed by atoms with Crippen LogP contribution in [0.5, 0.6) is 5.75 Å². The number of carbonyl (C=O) groups excluding carboxylic acids is 3. The highest BCUT2D eigenvalue weighted by atomic mass is 35.5. The number of esters is 2. The maximum atomic E-state index is 12.5. The molecule has 1 aliphatic rings. The normalized spacial score (nSPS) is 17.0. The fourth-order valence-electron chi connectivity index (χ4n) is 2.94. The molecule has 1 aliphatic heterocycles. The van der Waals surface area contributed by atoms with Gasteiger partial charge in [-0.25, -0.2) is 9.59 Å².